The van der Waals surface area contributed by atoms with Crippen LogP contribution in [0.3, 0.4) is 0 Å². The van der Waals surface area contributed by atoms with Crippen LogP contribution in [-0.4, -0.2) is 4.57 Å². The van der Waals surface area contributed by atoms with E-state index in [1.807, 2.05) is 37.6 Å². The lowest BCUT2D eigenvalue weighted by Crippen LogP contribution is -2.18. The predicted molar refractivity (Wildman–Crippen MR) is 76.5 cm³/mol. The van der Waals surface area contributed by atoms with E-state index >= 15 is 0 Å². The maximum atomic E-state index is 13.2. The van der Waals surface area contributed by atoms with E-state index in [0.717, 1.165) is 16.8 Å². The Morgan fingerprint density at radius 1 is 1.40 bits per heavy atom. The van der Waals surface area contributed by atoms with E-state index in [2.05, 4.69) is 11.4 Å². The van der Waals surface area contributed by atoms with Crippen LogP contribution >= 0.6 is 0 Å². The van der Waals surface area contributed by atoms with Crippen molar-refractivity contribution in [3.8, 4) is 6.07 Å². The number of nitrogens with one attached hydrogen (secondary N) is 1. The standard InChI is InChI=1S/C16H18FN3/c1-11(13-5-4-6-15(17)7-13)19-10-14-8-16(9-18)20(3)12(14)2/h4-8,11,19H,10H2,1-3H3/t11-/m0/s1. The molecule has 1 aromatic carbocycles. The Kier molecular flexibility index (Phi) is 4.21. The number of rotatable bonds is 4. The summed E-state index contributed by atoms with van der Waals surface area (Å²) in [6.45, 7) is 4.64. The van der Waals surface area contributed by atoms with Crippen molar-refractivity contribution in [2.24, 2.45) is 7.05 Å². The van der Waals surface area contributed by atoms with E-state index in [0.29, 0.717) is 12.2 Å². The summed E-state index contributed by atoms with van der Waals surface area (Å²) in [4.78, 5) is 0. The van der Waals surface area contributed by atoms with Gasteiger partial charge in [-0.05, 0) is 43.2 Å². The molecule has 0 radical (unpaired) electrons. The summed E-state index contributed by atoms with van der Waals surface area (Å²) in [5.74, 6) is -0.223. The van der Waals surface area contributed by atoms with Gasteiger partial charge in [-0.25, -0.2) is 4.39 Å². The SMILES string of the molecule is Cc1c(CN[C@@H](C)c2cccc(F)c2)cc(C#N)n1C. The van der Waals surface area contributed by atoms with Crippen molar-refractivity contribution >= 4 is 0 Å². The molecule has 0 unspecified atom stereocenters. The molecule has 0 amide bonds. The summed E-state index contributed by atoms with van der Waals surface area (Å²) in [5, 5.41) is 12.4. The largest absolute Gasteiger partial charge is 0.340 e. The Hall–Kier alpha value is -2.12. The third kappa shape index (κ3) is 2.89. The smallest absolute Gasteiger partial charge is 0.123 e. The normalized spacial score (nSPS) is 12.2. The average molecular weight is 271 g/mol. The quantitative estimate of drug-likeness (QED) is 0.927. The molecule has 2 aromatic rings. The summed E-state index contributed by atoms with van der Waals surface area (Å²) in [7, 11) is 1.88. The topological polar surface area (TPSA) is 40.8 Å². The highest BCUT2D eigenvalue weighted by Crippen LogP contribution is 2.17. The van der Waals surface area contributed by atoms with Gasteiger partial charge in [-0.3, -0.25) is 0 Å². The molecule has 0 aliphatic rings. The minimum atomic E-state index is -0.223. The molecule has 2 rings (SSSR count). The molecule has 4 heteroatoms. The third-order valence-electron chi connectivity index (χ3n) is 3.70. The number of nitrogens with zero attached hydrogens (tertiary/aromatic N) is 2. The molecule has 0 spiro atoms. The van der Waals surface area contributed by atoms with Crippen molar-refractivity contribution in [1.29, 1.82) is 5.26 Å². The summed E-state index contributed by atoms with van der Waals surface area (Å²) < 4.78 is 15.1. The number of hydrogen-bond acceptors (Lipinski definition) is 2. The van der Waals surface area contributed by atoms with Gasteiger partial charge in [-0.2, -0.15) is 5.26 Å². The molecule has 1 N–H and O–H groups in total. The van der Waals surface area contributed by atoms with Gasteiger partial charge < -0.3 is 9.88 Å². The van der Waals surface area contributed by atoms with Crippen LogP contribution in [0, 0.1) is 24.1 Å². The Bertz CT molecular complexity index is 652. The van der Waals surface area contributed by atoms with Gasteiger partial charge in [-0.15, -0.1) is 0 Å². The van der Waals surface area contributed by atoms with Crippen molar-refractivity contribution in [2.45, 2.75) is 26.4 Å². The van der Waals surface area contributed by atoms with E-state index in [-0.39, 0.29) is 11.9 Å². The van der Waals surface area contributed by atoms with Crippen molar-refractivity contribution < 1.29 is 4.39 Å². The maximum Gasteiger partial charge on any atom is 0.123 e. The predicted octanol–water partition coefficient (Wildman–Crippen LogP) is 3.20. The van der Waals surface area contributed by atoms with Crippen molar-refractivity contribution in [3.05, 3.63) is 58.7 Å². The minimum absolute atomic E-state index is 0.0517. The fraction of sp³-hybridized carbons (Fsp3) is 0.312. The zero-order valence-corrected chi connectivity index (χ0v) is 11.9. The van der Waals surface area contributed by atoms with Crippen molar-refractivity contribution in [3.63, 3.8) is 0 Å². The van der Waals surface area contributed by atoms with Gasteiger partial charge in [0.1, 0.15) is 17.6 Å². The fourth-order valence-corrected chi connectivity index (χ4v) is 2.21. The summed E-state index contributed by atoms with van der Waals surface area (Å²) in [6, 6.07) is 10.7. The number of aromatic nitrogens is 1. The van der Waals surface area contributed by atoms with Gasteiger partial charge >= 0.3 is 0 Å². The van der Waals surface area contributed by atoms with Crippen LogP contribution in [0.1, 0.15) is 35.5 Å². The molecule has 0 saturated carbocycles. The number of hydrogen-bond donors (Lipinski definition) is 1. The second kappa shape index (κ2) is 5.89. The molecule has 1 atom stereocenters. The molecule has 1 heterocycles. The number of halogens is 1. The molecule has 0 fully saturated rings. The van der Waals surface area contributed by atoms with Crippen molar-refractivity contribution in [1.82, 2.24) is 9.88 Å². The molecular weight excluding hydrogens is 253 g/mol. The lowest BCUT2D eigenvalue weighted by Gasteiger charge is -2.14. The summed E-state index contributed by atoms with van der Waals surface area (Å²) >= 11 is 0. The average Bonchev–Trinajstić information content (AvgIpc) is 2.72. The molecular formula is C16H18FN3. The second-order valence-corrected chi connectivity index (χ2v) is 4.97. The van der Waals surface area contributed by atoms with Gasteiger partial charge in [0.2, 0.25) is 0 Å². The molecule has 0 saturated heterocycles. The zero-order valence-electron chi connectivity index (χ0n) is 11.9. The van der Waals surface area contributed by atoms with Crippen LogP contribution in [0.5, 0.6) is 0 Å². The first-order chi connectivity index (χ1) is 9.52. The first kappa shape index (κ1) is 14.3. The van der Waals surface area contributed by atoms with Crippen LogP contribution in [-0.2, 0) is 13.6 Å². The van der Waals surface area contributed by atoms with Gasteiger partial charge in [0.15, 0.2) is 0 Å². The molecule has 1 aromatic heterocycles. The first-order valence-electron chi connectivity index (χ1n) is 6.57. The fourth-order valence-electron chi connectivity index (χ4n) is 2.21. The summed E-state index contributed by atoms with van der Waals surface area (Å²) in [6.07, 6.45) is 0. The van der Waals surface area contributed by atoms with E-state index in [1.165, 1.54) is 12.1 Å². The Labute approximate surface area is 118 Å². The van der Waals surface area contributed by atoms with Crippen LogP contribution in [0.15, 0.2) is 30.3 Å². The Balaban J connectivity index is 2.07. The molecule has 0 aliphatic heterocycles. The lowest BCUT2D eigenvalue weighted by atomic mass is 10.1. The van der Waals surface area contributed by atoms with Crippen molar-refractivity contribution in [2.75, 3.05) is 0 Å². The van der Waals surface area contributed by atoms with Crippen LogP contribution in [0.25, 0.3) is 0 Å². The molecule has 104 valence electrons. The highest BCUT2D eigenvalue weighted by Gasteiger charge is 2.11. The number of nitriles is 1. The zero-order chi connectivity index (χ0) is 14.7. The highest BCUT2D eigenvalue weighted by atomic mass is 19.1. The monoisotopic (exact) mass is 271 g/mol. The van der Waals surface area contributed by atoms with Crippen LogP contribution in [0.2, 0.25) is 0 Å². The minimum Gasteiger partial charge on any atom is -0.340 e. The van der Waals surface area contributed by atoms with Gasteiger partial charge in [0.05, 0.1) is 0 Å². The molecule has 0 aliphatic carbocycles. The molecule has 3 nitrogen and oxygen atoms in total. The Morgan fingerprint density at radius 3 is 2.75 bits per heavy atom. The van der Waals surface area contributed by atoms with E-state index in [9.17, 15) is 4.39 Å². The Morgan fingerprint density at radius 2 is 2.15 bits per heavy atom. The third-order valence-corrected chi connectivity index (χ3v) is 3.70. The number of benzene rings is 1. The molecule has 20 heavy (non-hydrogen) atoms. The van der Waals surface area contributed by atoms with Gasteiger partial charge in [0.25, 0.3) is 0 Å². The maximum absolute atomic E-state index is 13.2. The summed E-state index contributed by atoms with van der Waals surface area (Å²) in [5.41, 5.74) is 3.73. The highest BCUT2D eigenvalue weighted by molar-refractivity contribution is 5.34. The second-order valence-electron chi connectivity index (χ2n) is 4.97. The molecule has 0 bridgehead atoms. The van der Waals surface area contributed by atoms with E-state index < -0.39 is 0 Å². The van der Waals surface area contributed by atoms with Crippen LogP contribution in [0.4, 0.5) is 4.39 Å². The first-order valence-corrected chi connectivity index (χ1v) is 6.57. The van der Waals surface area contributed by atoms with Gasteiger partial charge in [-0.1, -0.05) is 12.1 Å². The lowest BCUT2D eigenvalue weighted by molar-refractivity contribution is 0.563. The van der Waals surface area contributed by atoms with Crippen LogP contribution < -0.4 is 5.32 Å². The van der Waals surface area contributed by atoms with E-state index in [1.54, 1.807) is 6.07 Å². The van der Waals surface area contributed by atoms with E-state index in [4.69, 9.17) is 5.26 Å². The van der Waals surface area contributed by atoms with Gasteiger partial charge in [0, 0.05) is 25.3 Å².